The van der Waals surface area contributed by atoms with E-state index in [-0.39, 0.29) is 30.9 Å². The van der Waals surface area contributed by atoms with Crippen molar-refractivity contribution in [1.82, 2.24) is 10.7 Å². The second kappa shape index (κ2) is 10.1. The lowest BCUT2D eigenvalue weighted by molar-refractivity contribution is -0.123. The summed E-state index contributed by atoms with van der Waals surface area (Å²) in [7, 11) is 0. The highest BCUT2D eigenvalue weighted by Gasteiger charge is 2.10. The van der Waals surface area contributed by atoms with Crippen molar-refractivity contribution >= 4 is 17.5 Å². The topological polar surface area (TPSA) is 79.8 Å². The Balaban J connectivity index is 1.75. The summed E-state index contributed by atoms with van der Waals surface area (Å²) >= 11 is 0. The number of amides is 2. The van der Waals surface area contributed by atoms with E-state index < -0.39 is 0 Å². The van der Waals surface area contributed by atoms with Crippen LogP contribution in [0.25, 0.3) is 0 Å². The molecule has 142 valence electrons. The number of hydrogen-bond donors (Lipinski definition) is 2. The molecule has 27 heavy (non-hydrogen) atoms. The minimum Gasteiger partial charge on any atom is -0.483 e. The minimum absolute atomic E-state index is 0.0939. The van der Waals surface area contributed by atoms with Gasteiger partial charge in [0.15, 0.2) is 6.61 Å². The number of para-hydroxylation sites is 1. The number of benzene rings is 2. The molecule has 2 aromatic rings. The molecule has 0 bridgehead atoms. The Morgan fingerprint density at radius 3 is 2.41 bits per heavy atom. The summed E-state index contributed by atoms with van der Waals surface area (Å²) in [5, 5.41) is 6.87. The van der Waals surface area contributed by atoms with Crippen LogP contribution in [0.3, 0.4) is 0 Å². The van der Waals surface area contributed by atoms with Gasteiger partial charge in [-0.25, -0.2) is 5.43 Å². The molecule has 0 aliphatic carbocycles. The Morgan fingerprint density at radius 2 is 1.70 bits per heavy atom. The fourth-order valence-electron chi connectivity index (χ4n) is 2.44. The van der Waals surface area contributed by atoms with Gasteiger partial charge < -0.3 is 10.1 Å². The van der Waals surface area contributed by atoms with Crippen molar-refractivity contribution in [3.8, 4) is 5.75 Å². The van der Waals surface area contributed by atoms with Crippen LogP contribution in [0.15, 0.2) is 59.7 Å². The monoisotopic (exact) mass is 367 g/mol. The van der Waals surface area contributed by atoms with E-state index in [1.807, 2.05) is 62.4 Å². The van der Waals surface area contributed by atoms with Gasteiger partial charge in [0, 0.05) is 5.71 Å². The van der Waals surface area contributed by atoms with Crippen LogP contribution in [-0.2, 0) is 9.59 Å². The van der Waals surface area contributed by atoms with Crippen molar-refractivity contribution in [2.24, 2.45) is 5.10 Å². The maximum Gasteiger partial charge on any atom is 0.277 e. The Bertz CT molecular complexity index is 803. The largest absolute Gasteiger partial charge is 0.483 e. The van der Waals surface area contributed by atoms with Gasteiger partial charge in [-0.05, 0) is 38.0 Å². The Labute approximate surface area is 159 Å². The normalized spacial score (nSPS) is 12.2. The zero-order valence-electron chi connectivity index (χ0n) is 15.9. The number of hydrazone groups is 1. The first kappa shape index (κ1) is 20.2. The fourth-order valence-corrected chi connectivity index (χ4v) is 2.44. The summed E-state index contributed by atoms with van der Waals surface area (Å²) in [6.07, 6.45) is 0.107. The molecule has 0 unspecified atom stereocenters. The molecule has 0 heterocycles. The summed E-state index contributed by atoms with van der Waals surface area (Å²) < 4.78 is 5.45. The van der Waals surface area contributed by atoms with Gasteiger partial charge in [-0.15, -0.1) is 0 Å². The minimum atomic E-state index is -0.379. The summed E-state index contributed by atoms with van der Waals surface area (Å²) in [4.78, 5) is 23.9. The van der Waals surface area contributed by atoms with E-state index in [1.165, 1.54) is 0 Å². The second-order valence-electron chi connectivity index (χ2n) is 6.31. The van der Waals surface area contributed by atoms with Crippen LogP contribution in [0.2, 0.25) is 0 Å². The highest BCUT2D eigenvalue weighted by Crippen LogP contribution is 2.15. The SMILES string of the molecule is C/C(CC(=O)N[C@@H](C)c1ccccc1)=N/NC(=O)COc1ccccc1C. The standard InChI is InChI=1S/C21H25N3O3/c1-15-9-7-8-12-19(15)27-14-21(26)24-23-16(2)13-20(25)22-17(3)18-10-5-4-6-11-18/h4-12,17H,13-14H2,1-3H3,(H,22,25)(H,24,26)/b23-16-/t17-/m0/s1. The molecule has 0 fully saturated rings. The first-order valence-corrected chi connectivity index (χ1v) is 8.80. The van der Waals surface area contributed by atoms with Crippen molar-refractivity contribution in [2.75, 3.05) is 6.61 Å². The van der Waals surface area contributed by atoms with Crippen LogP contribution in [0.1, 0.15) is 37.4 Å². The predicted octanol–water partition coefficient (Wildman–Crippen LogP) is 3.13. The smallest absolute Gasteiger partial charge is 0.277 e. The zero-order chi connectivity index (χ0) is 19.6. The third-order valence-corrected chi connectivity index (χ3v) is 3.92. The number of carbonyl (C=O) groups is 2. The van der Waals surface area contributed by atoms with E-state index >= 15 is 0 Å². The van der Waals surface area contributed by atoms with Crippen LogP contribution in [0.5, 0.6) is 5.75 Å². The highest BCUT2D eigenvalue weighted by atomic mass is 16.5. The van der Waals surface area contributed by atoms with E-state index in [2.05, 4.69) is 15.8 Å². The molecule has 2 aromatic carbocycles. The maximum absolute atomic E-state index is 12.1. The fraction of sp³-hybridized carbons (Fsp3) is 0.286. The molecular weight excluding hydrogens is 342 g/mol. The molecule has 0 saturated heterocycles. The molecule has 0 aliphatic heterocycles. The van der Waals surface area contributed by atoms with Gasteiger partial charge in [0.2, 0.25) is 5.91 Å². The van der Waals surface area contributed by atoms with E-state index in [4.69, 9.17) is 4.74 Å². The molecule has 0 aromatic heterocycles. The third kappa shape index (κ3) is 6.93. The Hall–Kier alpha value is -3.15. The highest BCUT2D eigenvalue weighted by molar-refractivity contribution is 6.00. The quantitative estimate of drug-likeness (QED) is 0.556. The second-order valence-corrected chi connectivity index (χ2v) is 6.31. The number of ether oxygens (including phenoxy) is 1. The molecule has 6 heteroatoms. The van der Waals surface area contributed by atoms with Crippen molar-refractivity contribution < 1.29 is 14.3 Å². The van der Waals surface area contributed by atoms with E-state index in [1.54, 1.807) is 13.0 Å². The van der Waals surface area contributed by atoms with Crippen LogP contribution < -0.4 is 15.5 Å². The molecule has 6 nitrogen and oxygen atoms in total. The summed E-state index contributed by atoms with van der Waals surface area (Å²) in [6, 6.07) is 17.1. The molecule has 2 rings (SSSR count). The summed E-state index contributed by atoms with van der Waals surface area (Å²) in [5.74, 6) is 0.122. The number of aryl methyl sites for hydroxylation is 1. The van der Waals surface area contributed by atoms with Crippen LogP contribution in [0.4, 0.5) is 0 Å². The summed E-state index contributed by atoms with van der Waals surface area (Å²) in [5.41, 5.74) is 4.90. The lowest BCUT2D eigenvalue weighted by atomic mass is 10.1. The van der Waals surface area contributed by atoms with Crippen LogP contribution >= 0.6 is 0 Å². The van der Waals surface area contributed by atoms with E-state index in [0.717, 1.165) is 11.1 Å². The van der Waals surface area contributed by atoms with Gasteiger partial charge in [-0.1, -0.05) is 48.5 Å². The predicted molar refractivity (Wildman–Crippen MR) is 106 cm³/mol. The van der Waals surface area contributed by atoms with Gasteiger partial charge in [0.05, 0.1) is 12.5 Å². The number of nitrogens with zero attached hydrogens (tertiary/aromatic N) is 1. The van der Waals surface area contributed by atoms with Gasteiger partial charge >= 0.3 is 0 Å². The molecule has 0 spiro atoms. The first-order valence-electron chi connectivity index (χ1n) is 8.80. The molecule has 0 saturated carbocycles. The molecule has 0 aliphatic rings. The number of nitrogens with one attached hydrogen (secondary N) is 2. The van der Waals surface area contributed by atoms with E-state index in [9.17, 15) is 9.59 Å². The van der Waals surface area contributed by atoms with Crippen LogP contribution in [-0.4, -0.2) is 24.1 Å². The van der Waals surface area contributed by atoms with Gasteiger partial charge in [0.1, 0.15) is 5.75 Å². The van der Waals surface area contributed by atoms with E-state index in [0.29, 0.717) is 11.5 Å². The number of hydrogen-bond acceptors (Lipinski definition) is 4. The Kier molecular flexibility index (Phi) is 7.55. The van der Waals surface area contributed by atoms with Gasteiger partial charge in [-0.2, -0.15) is 5.10 Å². The van der Waals surface area contributed by atoms with Crippen LogP contribution in [0, 0.1) is 6.92 Å². The molecule has 0 radical (unpaired) electrons. The maximum atomic E-state index is 12.1. The molecule has 2 amide bonds. The average molecular weight is 367 g/mol. The number of carbonyl (C=O) groups excluding carboxylic acids is 2. The third-order valence-electron chi connectivity index (χ3n) is 3.92. The van der Waals surface area contributed by atoms with Crippen molar-refractivity contribution in [2.45, 2.75) is 33.2 Å². The summed E-state index contributed by atoms with van der Waals surface area (Å²) in [6.45, 7) is 5.38. The van der Waals surface area contributed by atoms with Crippen molar-refractivity contribution in [3.05, 3.63) is 65.7 Å². The Morgan fingerprint density at radius 1 is 1.04 bits per heavy atom. The van der Waals surface area contributed by atoms with Gasteiger partial charge in [-0.3, -0.25) is 9.59 Å². The van der Waals surface area contributed by atoms with Gasteiger partial charge in [0.25, 0.3) is 5.91 Å². The molecule has 2 N–H and O–H groups in total. The molecule has 1 atom stereocenters. The first-order chi connectivity index (χ1) is 13.0. The average Bonchev–Trinajstić information content (AvgIpc) is 2.66. The lowest BCUT2D eigenvalue weighted by Crippen LogP contribution is -2.29. The number of rotatable bonds is 8. The molecular formula is C21H25N3O3. The zero-order valence-corrected chi connectivity index (χ0v) is 15.9. The van der Waals surface area contributed by atoms with Crippen molar-refractivity contribution in [3.63, 3.8) is 0 Å². The van der Waals surface area contributed by atoms with Crippen molar-refractivity contribution in [1.29, 1.82) is 0 Å². The lowest BCUT2D eigenvalue weighted by Gasteiger charge is -2.14.